The molecule has 0 spiro atoms. The zero-order chi connectivity index (χ0) is 30.1. The predicted molar refractivity (Wildman–Crippen MR) is 184 cm³/mol. The summed E-state index contributed by atoms with van der Waals surface area (Å²) < 4.78 is 0. The third-order valence-corrected chi connectivity index (χ3v) is 9.07. The highest BCUT2D eigenvalue weighted by molar-refractivity contribution is 5.50. The second kappa shape index (κ2) is 15.1. The van der Waals surface area contributed by atoms with E-state index in [0.717, 1.165) is 37.1 Å². The third-order valence-electron chi connectivity index (χ3n) is 9.07. The molecule has 0 aromatic heterocycles. The molecule has 4 aromatic carbocycles. The van der Waals surface area contributed by atoms with Gasteiger partial charge in [0.05, 0.1) is 0 Å². The number of benzene rings is 4. The number of nitrogen functional groups attached to an aromatic ring is 2. The smallest absolute Gasteiger partial charge is 0.0316 e. The van der Waals surface area contributed by atoms with Gasteiger partial charge in [-0.25, -0.2) is 0 Å². The lowest BCUT2D eigenvalue weighted by Crippen LogP contribution is -2.07. The van der Waals surface area contributed by atoms with Gasteiger partial charge in [0.25, 0.3) is 0 Å². The van der Waals surface area contributed by atoms with Crippen LogP contribution in [0.4, 0.5) is 11.4 Å². The van der Waals surface area contributed by atoms with Crippen LogP contribution in [-0.2, 0) is 0 Å². The molecule has 0 saturated heterocycles. The molecule has 4 aromatic rings. The Morgan fingerprint density at radius 2 is 0.833 bits per heavy atom. The van der Waals surface area contributed by atoms with E-state index in [1.54, 1.807) is 0 Å². The first-order valence-electron chi connectivity index (χ1n) is 16.3. The molecule has 2 unspecified atom stereocenters. The Kier molecular flexibility index (Phi) is 11.3. The van der Waals surface area contributed by atoms with Gasteiger partial charge in [-0.2, -0.15) is 0 Å². The van der Waals surface area contributed by atoms with Crippen LogP contribution in [0.5, 0.6) is 0 Å². The van der Waals surface area contributed by atoms with Crippen molar-refractivity contribution in [3.05, 3.63) is 129 Å². The Labute approximate surface area is 255 Å². The van der Waals surface area contributed by atoms with E-state index in [0.29, 0.717) is 17.8 Å². The minimum atomic E-state index is 0.398. The van der Waals surface area contributed by atoms with E-state index in [-0.39, 0.29) is 0 Å². The largest absolute Gasteiger partial charge is 0.399 e. The molecule has 0 heterocycles. The number of unbranched alkanes of at least 4 members (excludes halogenated alkanes) is 2. The SMILES string of the molecule is CCCCCC(c1ccc(C(CCC)c2ccc(N)cc2C)cc1)c1ccc(C(CCC)c2ccc(N)cc2C)cc1. The van der Waals surface area contributed by atoms with Gasteiger partial charge in [-0.3, -0.25) is 0 Å². The molecular formula is C40H52N2. The van der Waals surface area contributed by atoms with Gasteiger partial charge in [0, 0.05) is 29.1 Å². The second-order valence-corrected chi connectivity index (χ2v) is 12.3. The zero-order valence-electron chi connectivity index (χ0n) is 26.6. The van der Waals surface area contributed by atoms with Crippen molar-refractivity contribution in [2.75, 3.05) is 11.5 Å². The molecule has 0 radical (unpaired) electrons. The molecule has 42 heavy (non-hydrogen) atoms. The highest BCUT2D eigenvalue weighted by Crippen LogP contribution is 2.37. The summed E-state index contributed by atoms with van der Waals surface area (Å²) in [7, 11) is 0. The van der Waals surface area contributed by atoms with Crippen LogP contribution in [-0.4, -0.2) is 0 Å². The first-order chi connectivity index (χ1) is 20.4. The van der Waals surface area contributed by atoms with Crippen LogP contribution in [0, 0.1) is 13.8 Å². The fourth-order valence-corrected chi connectivity index (χ4v) is 6.81. The summed E-state index contributed by atoms with van der Waals surface area (Å²) in [5, 5.41) is 0. The van der Waals surface area contributed by atoms with Gasteiger partial charge < -0.3 is 11.5 Å². The van der Waals surface area contributed by atoms with E-state index in [4.69, 9.17) is 11.5 Å². The molecule has 0 amide bonds. The van der Waals surface area contributed by atoms with Crippen molar-refractivity contribution in [3.8, 4) is 0 Å². The highest BCUT2D eigenvalue weighted by atomic mass is 14.5. The Hall–Kier alpha value is -3.52. The molecule has 2 atom stereocenters. The lowest BCUT2D eigenvalue weighted by atomic mass is 9.81. The first-order valence-corrected chi connectivity index (χ1v) is 16.3. The zero-order valence-corrected chi connectivity index (χ0v) is 26.6. The van der Waals surface area contributed by atoms with E-state index in [2.05, 4.69) is 107 Å². The van der Waals surface area contributed by atoms with Gasteiger partial charge in [0.2, 0.25) is 0 Å². The van der Waals surface area contributed by atoms with E-state index in [1.807, 2.05) is 12.1 Å². The normalized spacial score (nSPS) is 13.5. The maximum atomic E-state index is 6.08. The number of nitrogens with two attached hydrogens (primary N) is 2. The fraction of sp³-hybridized carbons (Fsp3) is 0.400. The Balaban J connectivity index is 1.63. The molecule has 2 heteroatoms. The number of anilines is 2. The Morgan fingerprint density at radius 3 is 1.17 bits per heavy atom. The lowest BCUT2D eigenvalue weighted by Gasteiger charge is -2.23. The van der Waals surface area contributed by atoms with Crippen LogP contribution in [0.15, 0.2) is 84.9 Å². The first kappa shape index (κ1) is 31.4. The topological polar surface area (TPSA) is 52.0 Å². The van der Waals surface area contributed by atoms with Crippen LogP contribution in [0.25, 0.3) is 0 Å². The van der Waals surface area contributed by atoms with Crippen molar-refractivity contribution >= 4 is 11.4 Å². The summed E-state index contributed by atoms with van der Waals surface area (Å²) in [6.45, 7) is 11.2. The third kappa shape index (κ3) is 7.65. The molecule has 4 rings (SSSR count). The molecule has 0 aliphatic carbocycles. The molecule has 0 saturated carbocycles. The second-order valence-electron chi connectivity index (χ2n) is 12.3. The summed E-state index contributed by atoms with van der Waals surface area (Å²) >= 11 is 0. The predicted octanol–water partition coefficient (Wildman–Crippen LogP) is 11.0. The Bertz CT molecular complexity index is 1300. The lowest BCUT2D eigenvalue weighted by molar-refractivity contribution is 0.617. The average molecular weight is 561 g/mol. The van der Waals surface area contributed by atoms with E-state index < -0.39 is 0 Å². The summed E-state index contributed by atoms with van der Waals surface area (Å²) in [5.74, 6) is 1.20. The van der Waals surface area contributed by atoms with Gasteiger partial charge >= 0.3 is 0 Å². The molecule has 222 valence electrons. The summed E-state index contributed by atoms with van der Waals surface area (Å²) in [4.78, 5) is 0. The van der Waals surface area contributed by atoms with Crippen molar-refractivity contribution in [2.24, 2.45) is 0 Å². The van der Waals surface area contributed by atoms with E-state index in [1.165, 1.54) is 70.2 Å². The highest BCUT2D eigenvalue weighted by Gasteiger charge is 2.20. The van der Waals surface area contributed by atoms with E-state index >= 15 is 0 Å². The minimum absolute atomic E-state index is 0.398. The minimum Gasteiger partial charge on any atom is -0.399 e. The monoisotopic (exact) mass is 560 g/mol. The quantitative estimate of drug-likeness (QED) is 0.119. The number of rotatable bonds is 14. The molecule has 0 fully saturated rings. The van der Waals surface area contributed by atoms with Gasteiger partial charge in [0.1, 0.15) is 0 Å². The molecule has 2 nitrogen and oxygen atoms in total. The van der Waals surface area contributed by atoms with Crippen molar-refractivity contribution in [1.82, 2.24) is 0 Å². The molecule has 0 bridgehead atoms. The van der Waals surface area contributed by atoms with Gasteiger partial charge in [-0.05, 0) is 102 Å². The van der Waals surface area contributed by atoms with Crippen LogP contribution in [0.2, 0.25) is 0 Å². The molecule has 4 N–H and O–H groups in total. The number of hydrogen-bond acceptors (Lipinski definition) is 2. The van der Waals surface area contributed by atoms with Gasteiger partial charge in [-0.15, -0.1) is 0 Å². The van der Waals surface area contributed by atoms with Crippen molar-refractivity contribution in [2.45, 2.75) is 104 Å². The molecular weight excluding hydrogens is 508 g/mol. The molecule has 0 aliphatic rings. The van der Waals surface area contributed by atoms with Gasteiger partial charge in [-0.1, -0.05) is 114 Å². The van der Waals surface area contributed by atoms with Crippen LogP contribution >= 0.6 is 0 Å². The summed E-state index contributed by atoms with van der Waals surface area (Å²) in [6.07, 6.45) is 9.51. The van der Waals surface area contributed by atoms with Crippen LogP contribution < -0.4 is 11.5 Å². The van der Waals surface area contributed by atoms with Crippen molar-refractivity contribution in [1.29, 1.82) is 0 Å². The maximum Gasteiger partial charge on any atom is 0.0316 e. The summed E-state index contributed by atoms with van der Waals surface area (Å²) in [6, 6.07) is 31.9. The number of hydrogen-bond donors (Lipinski definition) is 2. The average Bonchev–Trinajstić information content (AvgIpc) is 2.98. The van der Waals surface area contributed by atoms with Crippen LogP contribution in [0.3, 0.4) is 0 Å². The molecule has 0 aliphatic heterocycles. The van der Waals surface area contributed by atoms with Crippen molar-refractivity contribution < 1.29 is 0 Å². The number of aryl methyl sites for hydroxylation is 2. The summed E-state index contributed by atoms with van der Waals surface area (Å²) in [5.41, 5.74) is 24.8. The van der Waals surface area contributed by atoms with Crippen molar-refractivity contribution in [3.63, 3.8) is 0 Å². The van der Waals surface area contributed by atoms with Crippen LogP contribution in [0.1, 0.15) is 134 Å². The van der Waals surface area contributed by atoms with E-state index in [9.17, 15) is 0 Å². The van der Waals surface area contributed by atoms with Gasteiger partial charge in [0.15, 0.2) is 0 Å². The fourth-order valence-electron chi connectivity index (χ4n) is 6.81. The Morgan fingerprint density at radius 1 is 0.452 bits per heavy atom. The maximum absolute atomic E-state index is 6.08. The standard InChI is InChI=1S/C40H52N2/c1-6-9-10-13-38(30-14-18-32(19-15-30)39(11-7-2)36-24-22-34(41)26-28(36)4)31-16-20-33(21-17-31)40(12-8-3)37-25-23-35(42)27-29(37)5/h14-27,38-40H,6-13,41-42H2,1-5H3.